The van der Waals surface area contributed by atoms with E-state index in [1.807, 2.05) is 0 Å². The van der Waals surface area contributed by atoms with Crippen molar-refractivity contribution in [3.63, 3.8) is 0 Å². The minimum absolute atomic E-state index is 0.0211. The number of alkyl halides is 6. The molecule has 0 radical (unpaired) electrons. The maximum atomic E-state index is 13.2. The van der Waals surface area contributed by atoms with Crippen molar-refractivity contribution >= 4 is 53.4 Å². The number of fused-ring (bicyclic) bond motifs is 3. The topological polar surface area (TPSA) is 47.6 Å². The Balaban J connectivity index is 1.33. The van der Waals surface area contributed by atoms with Gasteiger partial charge in [-0.2, -0.15) is 0 Å². The first-order valence-electron chi connectivity index (χ1n) is 11.3. The Hall–Kier alpha value is 0.0390. The van der Waals surface area contributed by atoms with E-state index in [1.165, 1.54) is 0 Å². The molecule has 0 aromatic heterocycles. The SMILES string of the molecule is N#CC(C#N)=C1C2CC(C3CCC(C(F)(F)F)S3)[Se]C2C2[Se]C(C3CCC(C(F)(F)F)S3)CC12. The Morgan fingerprint density at radius 3 is 1.47 bits per heavy atom. The number of hydrogen-bond acceptors (Lipinski definition) is 4. The van der Waals surface area contributed by atoms with Crippen LogP contribution < -0.4 is 0 Å². The van der Waals surface area contributed by atoms with E-state index < -0.39 is 22.9 Å². The van der Waals surface area contributed by atoms with Gasteiger partial charge in [0.25, 0.3) is 0 Å². The molecule has 10 atom stereocenters. The van der Waals surface area contributed by atoms with Crippen LogP contribution in [-0.4, -0.2) is 63.3 Å². The van der Waals surface area contributed by atoms with Crippen LogP contribution in [-0.2, 0) is 0 Å². The van der Waals surface area contributed by atoms with Crippen molar-refractivity contribution in [2.24, 2.45) is 11.8 Å². The number of allylic oxidation sites excluding steroid dienone is 2. The predicted octanol–water partition coefficient (Wildman–Crippen LogP) is 6.60. The average molecular weight is 650 g/mol. The van der Waals surface area contributed by atoms with Crippen LogP contribution in [0.4, 0.5) is 26.3 Å². The summed E-state index contributed by atoms with van der Waals surface area (Å²) in [5, 5.41) is 16.7. The molecule has 2 nitrogen and oxygen atoms in total. The molecule has 12 heteroatoms. The zero-order chi connectivity index (χ0) is 24.4. The normalized spacial score (nSPS) is 44.1. The van der Waals surface area contributed by atoms with E-state index in [0.717, 1.165) is 41.9 Å². The average Bonchev–Trinajstić information content (AvgIpc) is 3.54. The fourth-order valence-corrected chi connectivity index (χ4v) is 19.7. The van der Waals surface area contributed by atoms with Gasteiger partial charge in [-0.25, -0.2) is 0 Å². The number of halogens is 6. The van der Waals surface area contributed by atoms with E-state index in [4.69, 9.17) is 0 Å². The van der Waals surface area contributed by atoms with Gasteiger partial charge in [0, 0.05) is 0 Å². The summed E-state index contributed by atoms with van der Waals surface area (Å²) in [7, 11) is 0. The Morgan fingerprint density at radius 1 is 0.735 bits per heavy atom. The van der Waals surface area contributed by atoms with Gasteiger partial charge < -0.3 is 0 Å². The quantitative estimate of drug-likeness (QED) is 0.192. The molecule has 0 N–H and O–H groups in total. The van der Waals surface area contributed by atoms with Gasteiger partial charge in [-0.3, -0.25) is 0 Å². The van der Waals surface area contributed by atoms with Crippen LogP contribution in [0, 0.1) is 34.5 Å². The van der Waals surface area contributed by atoms with Gasteiger partial charge in [-0.05, 0) is 0 Å². The summed E-state index contributed by atoms with van der Waals surface area (Å²) in [6, 6.07) is 4.13. The second kappa shape index (κ2) is 9.41. The number of rotatable bonds is 2. The summed E-state index contributed by atoms with van der Waals surface area (Å²) < 4.78 is 79.3. The molecular formula is C22H22F6N2S2Se2. The van der Waals surface area contributed by atoms with Crippen molar-refractivity contribution in [3.8, 4) is 12.1 Å². The molecule has 0 bridgehead atoms. The molecule has 0 aromatic rings. The van der Waals surface area contributed by atoms with Crippen LogP contribution in [0.15, 0.2) is 11.1 Å². The standard InChI is InChI=1S/C22H22F6N2S2Se2/c23-21(24,25)16-3-1-12(31-16)14-5-10-18(9(7-29)8-30)11-6-15(34-20(11)19(10)33-14)13-2-4-17(32-13)22(26,27)28/h10-17,19-20H,1-6H2. The molecule has 10 unspecified atom stereocenters. The second-order valence-corrected chi connectivity index (χ2v) is 18.4. The van der Waals surface area contributed by atoms with Crippen LogP contribution in [0.25, 0.3) is 0 Å². The molecule has 5 fully saturated rings. The van der Waals surface area contributed by atoms with Gasteiger partial charge in [-0.1, -0.05) is 0 Å². The summed E-state index contributed by atoms with van der Waals surface area (Å²) in [6.45, 7) is 0. The molecule has 5 aliphatic rings. The zero-order valence-corrected chi connectivity index (χ0v) is 22.9. The monoisotopic (exact) mass is 652 g/mol. The molecule has 34 heavy (non-hydrogen) atoms. The van der Waals surface area contributed by atoms with Crippen molar-refractivity contribution in [2.75, 3.05) is 0 Å². The van der Waals surface area contributed by atoms with Crippen LogP contribution in [0.3, 0.4) is 0 Å². The van der Waals surface area contributed by atoms with Gasteiger partial charge in [0.15, 0.2) is 0 Å². The van der Waals surface area contributed by atoms with Crippen molar-refractivity contribution in [1.82, 2.24) is 0 Å². The van der Waals surface area contributed by atoms with E-state index >= 15 is 0 Å². The van der Waals surface area contributed by atoms with Crippen molar-refractivity contribution < 1.29 is 26.3 Å². The minimum atomic E-state index is -4.18. The van der Waals surface area contributed by atoms with Crippen LogP contribution in [0.5, 0.6) is 0 Å². The van der Waals surface area contributed by atoms with E-state index in [2.05, 4.69) is 12.1 Å². The summed E-state index contributed by atoms with van der Waals surface area (Å²) in [4.78, 5) is 1.05. The zero-order valence-electron chi connectivity index (χ0n) is 17.8. The molecule has 0 amide bonds. The van der Waals surface area contributed by atoms with Crippen molar-refractivity contribution in [2.45, 2.75) is 91.1 Å². The number of nitrogens with zero attached hydrogens (tertiary/aromatic N) is 2. The number of thioether (sulfide) groups is 2. The third-order valence-electron chi connectivity index (χ3n) is 7.73. The fraction of sp³-hybridized carbons (Fsp3) is 0.818. The molecule has 0 spiro atoms. The molecule has 186 valence electrons. The third kappa shape index (κ3) is 4.59. The molecule has 4 heterocycles. The fourth-order valence-electron chi connectivity index (χ4n) is 6.33. The molecule has 0 aromatic carbocycles. The first-order valence-corrected chi connectivity index (χ1v) is 17.1. The molecule has 4 saturated heterocycles. The molecule has 1 aliphatic carbocycles. The summed E-state index contributed by atoms with van der Waals surface area (Å²) in [6.07, 6.45) is -5.41. The Bertz CT molecular complexity index is 870. The molecule has 1 saturated carbocycles. The number of hydrogen-bond donors (Lipinski definition) is 0. The Labute approximate surface area is 215 Å². The van der Waals surface area contributed by atoms with E-state index in [9.17, 15) is 36.9 Å². The van der Waals surface area contributed by atoms with Crippen LogP contribution in [0.1, 0.15) is 38.5 Å². The first-order chi connectivity index (χ1) is 16.0. The van der Waals surface area contributed by atoms with Gasteiger partial charge >= 0.3 is 217 Å². The van der Waals surface area contributed by atoms with Crippen LogP contribution >= 0.6 is 23.5 Å². The maximum absolute atomic E-state index is 13.2. The summed E-state index contributed by atoms with van der Waals surface area (Å²) in [5.41, 5.74) is 1.05. The van der Waals surface area contributed by atoms with E-state index in [1.54, 1.807) is 0 Å². The van der Waals surface area contributed by atoms with E-state index in [0.29, 0.717) is 22.5 Å². The van der Waals surface area contributed by atoms with Crippen molar-refractivity contribution in [1.29, 1.82) is 10.5 Å². The summed E-state index contributed by atoms with van der Waals surface area (Å²) in [5.74, 6) is 0.198. The van der Waals surface area contributed by atoms with Gasteiger partial charge in [0.1, 0.15) is 0 Å². The van der Waals surface area contributed by atoms with Crippen LogP contribution in [0.2, 0.25) is 19.3 Å². The molecular weight excluding hydrogens is 628 g/mol. The van der Waals surface area contributed by atoms with Gasteiger partial charge in [0.2, 0.25) is 0 Å². The number of nitriles is 2. The first kappa shape index (κ1) is 25.7. The molecule has 4 aliphatic heterocycles. The third-order valence-corrected chi connectivity index (χ3v) is 20.5. The summed E-state index contributed by atoms with van der Waals surface area (Å²) >= 11 is 2.37. The van der Waals surface area contributed by atoms with Gasteiger partial charge in [-0.15, -0.1) is 0 Å². The Kier molecular flexibility index (Phi) is 7.11. The van der Waals surface area contributed by atoms with Crippen molar-refractivity contribution in [3.05, 3.63) is 11.1 Å². The van der Waals surface area contributed by atoms with Gasteiger partial charge in [0.05, 0.1) is 0 Å². The molecule has 5 rings (SSSR count). The predicted molar refractivity (Wildman–Crippen MR) is 122 cm³/mol. The second-order valence-electron chi connectivity index (χ2n) is 9.58. The Morgan fingerprint density at radius 2 is 1.15 bits per heavy atom. The van der Waals surface area contributed by atoms with E-state index in [-0.39, 0.29) is 80.3 Å².